The van der Waals surface area contributed by atoms with Gasteiger partial charge in [-0.1, -0.05) is 6.07 Å². The van der Waals surface area contributed by atoms with Crippen molar-refractivity contribution >= 4 is 22.9 Å². The molecule has 4 nitrogen and oxygen atoms in total. The fraction of sp³-hybridized carbons (Fsp3) is 0.267. The molecule has 0 radical (unpaired) electrons. The van der Waals surface area contributed by atoms with E-state index in [-0.39, 0.29) is 22.8 Å². The van der Waals surface area contributed by atoms with E-state index in [1.807, 2.05) is 23.1 Å². The molecule has 2 aromatic rings. The molecule has 1 aliphatic rings. The Labute approximate surface area is 133 Å². The van der Waals surface area contributed by atoms with Crippen LogP contribution in [0.1, 0.15) is 16.9 Å². The largest absolute Gasteiger partial charge is 0.467 e. The van der Waals surface area contributed by atoms with Gasteiger partial charge < -0.3 is 15.1 Å². The lowest BCUT2D eigenvalue weighted by Crippen LogP contribution is -2.40. The summed E-state index contributed by atoms with van der Waals surface area (Å²) in [6.07, 6.45) is 2.40. The summed E-state index contributed by atoms with van der Waals surface area (Å²) in [5, 5.41) is 0. The van der Waals surface area contributed by atoms with Crippen LogP contribution in [0.3, 0.4) is 0 Å². The van der Waals surface area contributed by atoms with E-state index < -0.39 is 0 Å². The van der Waals surface area contributed by atoms with Crippen molar-refractivity contribution in [2.45, 2.75) is 19.5 Å². The van der Waals surface area contributed by atoms with Gasteiger partial charge in [-0.2, -0.15) is 0 Å². The predicted octanol–water partition coefficient (Wildman–Crippen LogP) is 2.87. The first kappa shape index (κ1) is 15.6. The van der Waals surface area contributed by atoms with Crippen molar-refractivity contribution in [3.63, 3.8) is 0 Å². The van der Waals surface area contributed by atoms with Crippen molar-refractivity contribution in [3.05, 3.63) is 59.3 Å². The predicted molar refractivity (Wildman–Crippen MR) is 84.9 cm³/mol. The SMILES string of the molecule is Br.NC(=NCc1ccco1)N1CCc2cc(F)ccc2C1. The Bertz CT molecular complexity index is 628. The minimum absolute atomic E-state index is 0. The van der Waals surface area contributed by atoms with E-state index in [9.17, 15) is 4.39 Å². The van der Waals surface area contributed by atoms with Gasteiger partial charge in [0.1, 0.15) is 18.1 Å². The Hall–Kier alpha value is -1.82. The highest BCUT2D eigenvalue weighted by Gasteiger charge is 2.18. The van der Waals surface area contributed by atoms with Gasteiger partial charge in [0.2, 0.25) is 0 Å². The van der Waals surface area contributed by atoms with Crippen LogP contribution in [0.25, 0.3) is 0 Å². The number of hydrogen-bond acceptors (Lipinski definition) is 2. The van der Waals surface area contributed by atoms with Crippen molar-refractivity contribution in [1.82, 2.24) is 4.90 Å². The standard InChI is InChI=1S/C15H16FN3O.BrH/c16-13-4-3-12-10-19(6-5-11(12)8-13)15(17)18-9-14-2-1-7-20-14;/h1-4,7-8H,5-6,9-10H2,(H2,17,18);1H. The average Bonchev–Trinajstić information content (AvgIpc) is 2.97. The van der Waals surface area contributed by atoms with Gasteiger partial charge in [0, 0.05) is 13.1 Å². The van der Waals surface area contributed by atoms with Crippen LogP contribution in [0.5, 0.6) is 0 Å². The van der Waals surface area contributed by atoms with E-state index in [1.54, 1.807) is 12.3 Å². The van der Waals surface area contributed by atoms with Crippen LogP contribution in [-0.4, -0.2) is 17.4 Å². The zero-order valence-corrected chi connectivity index (χ0v) is 13.2. The number of nitrogens with two attached hydrogens (primary N) is 1. The minimum Gasteiger partial charge on any atom is -0.467 e. The van der Waals surface area contributed by atoms with Gasteiger partial charge in [-0.3, -0.25) is 0 Å². The Kier molecular flexibility index (Phi) is 5.01. The normalized spacial score (nSPS) is 14.5. The van der Waals surface area contributed by atoms with E-state index in [4.69, 9.17) is 10.2 Å². The van der Waals surface area contributed by atoms with Crippen LogP contribution in [0.4, 0.5) is 4.39 Å². The summed E-state index contributed by atoms with van der Waals surface area (Å²) >= 11 is 0. The number of guanidine groups is 1. The van der Waals surface area contributed by atoms with E-state index >= 15 is 0 Å². The molecule has 0 atom stereocenters. The lowest BCUT2D eigenvalue weighted by atomic mass is 10.00. The molecule has 0 saturated carbocycles. The maximum Gasteiger partial charge on any atom is 0.192 e. The number of fused-ring (bicyclic) bond motifs is 1. The molecule has 0 amide bonds. The number of halogens is 2. The average molecular weight is 354 g/mol. The fourth-order valence-corrected chi connectivity index (χ4v) is 2.38. The maximum atomic E-state index is 13.2. The van der Waals surface area contributed by atoms with Gasteiger partial charge in [0.25, 0.3) is 0 Å². The molecule has 0 fully saturated rings. The molecule has 1 aromatic heterocycles. The third-order valence-corrected chi connectivity index (χ3v) is 3.48. The van der Waals surface area contributed by atoms with Crippen LogP contribution >= 0.6 is 17.0 Å². The van der Waals surface area contributed by atoms with Crippen LogP contribution in [0.15, 0.2) is 46.0 Å². The summed E-state index contributed by atoms with van der Waals surface area (Å²) < 4.78 is 18.4. The molecule has 0 spiro atoms. The van der Waals surface area contributed by atoms with Gasteiger partial charge in [0.05, 0.1) is 6.26 Å². The maximum absolute atomic E-state index is 13.2. The van der Waals surface area contributed by atoms with Gasteiger partial charge in [-0.15, -0.1) is 17.0 Å². The molecular weight excluding hydrogens is 337 g/mol. The molecular formula is C15H17BrFN3O. The first-order chi connectivity index (χ1) is 9.72. The summed E-state index contributed by atoms with van der Waals surface area (Å²) in [5.74, 6) is 1.10. The molecule has 112 valence electrons. The zero-order chi connectivity index (χ0) is 13.9. The molecule has 1 aliphatic heterocycles. The van der Waals surface area contributed by atoms with Crippen LogP contribution in [0, 0.1) is 5.82 Å². The third kappa shape index (κ3) is 3.64. The first-order valence-corrected chi connectivity index (χ1v) is 6.57. The molecule has 3 rings (SSSR count). The monoisotopic (exact) mass is 353 g/mol. The van der Waals surface area contributed by atoms with Crippen LogP contribution in [0.2, 0.25) is 0 Å². The molecule has 0 saturated heterocycles. The van der Waals surface area contributed by atoms with Crippen molar-refractivity contribution in [3.8, 4) is 0 Å². The fourth-order valence-electron chi connectivity index (χ4n) is 2.38. The number of nitrogens with zero attached hydrogens (tertiary/aromatic N) is 2. The van der Waals surface area contributed by atoms with Crippen LogP contribution < -0.4 is 5.73 Å². The quantitative estimate of drug-likeness (QED) is 0.667. The Morgan fingerprint density at radius 3 is 2.95 bits per heavy atom. The molecule has 0 aliphatic carbocycles. The Balaban J connectivity index is 0.00000161. The molecule has 0 bridgehead atoms. The van der Waals surface area contributed by atoms with Crippen molar-refractivity contribution < 1.29 is 8.81 Å². The van der Waals surface area contributed by atoms with Gasteiger partial charge >= 0.3 is 0 Å². The highest BCUT2D eigenvalue weighted by atomic mass is 79.9. The van der Waals surface area contributed by atoms with Gasteiger partial charge in [0.15, 0.2) is 5.96 Å². The number of aliphatic imine (C=N–C) groups is 1. The van der Waals surface area contributed by atoms with E-state index in [2.05, 4.69) is 4.99 Å². The minimum atomic E-state index is -0.184. The second-order valence-corrected chi connectivity index (χ2v) is 4.84. The summed E-state index contributed by atoms with van der Waals surface area (Å²) in [6.45, 7) is 1.86. The summed E-state index contributed by atoms with van der Waals surface area (Å²) in [5.41, 5.74) is 8.17. The third-order valence-electron chi connectivity index (χ3n) is 3.48. The van der Waals surface area contributed by atoms with E-state index in [0.29, 0.717) is 19.0 Å². The molecule has 6 heteroatoms. The van der Waals surface area contributed by atoms with E-state index in [1.165, 1.54) is 6.07 Å². The van der Waals surface area contributed by atoms with Gasteiger partial charge in [-0.05, 0) is 41.8 Å². The molecule has 21 heavy (non-hydrogen) atoms. The number of hydrogen-bond donors (Lipinski definition) is 1. The molecule has 1 aromatic carbocycles. The van der Waals surface area contributed by atoms with Crippen LogP contribution in [-0.2, 0) is 19.5 Å². The topological polar surface area (TPSA) is 54.8 Å². The second-order valence-electron chi connectivity index (χ2n) is 4.84. The molecule has 0 unspecified atom stereocenters. The number of rotatable bonds is 2. The van der Waals surface area contributed by atoms with E-state index in [0.717, 1.165) is 29.9 Å². The van der Waals surface area contributed by atoms with Gasteiger partial charge in [-0.25, -0.2) is 9.38 Å². The van der Waals surface area contributed by atoms with Crippen molar-refractivity contribution in [1.29, 1.82) is 0 Å². The Morgan fingerprint density at radius 1 is 1.33 bits per heavy atom. The Morgan fingerprint density at radius 2 is 2.19 bits per heavy atom. The highest BCUT2D eigenvalue weighted by Crippen LogP contribution is 2.19. The zero-order valence-electron chi connectivity index (χ0n) is 11.5. The lowest BCUT2D eigenvalue weighted by Gasteiger charge is -2.29. The first-order valence-electron chi connectivity index (χ1n) is 6.57. The number of benzene rings is 1. The highest BCUT2D eigenvalue weighted by molar-refractivity contribution is 8.93. The second kappa shape index (κ2) is 6.76. The summed E-state index contributed by atoms with van der Waals surface area (Å²) in [4.78, 5) is 6.34. The molecule has 2 heterocycles. The molecule has 2 N–H and O–H groups in total. The summed E-state index contributed by atoms with van der Waals surface area (Å²) in [7, 11) is 0. The number of furan rings is 1. The van der Waals surface area contributed by atoms with Crippen molar-refractivity contribution in [2.24, 2.45) is 10.7 Å². The lowest BCUT2D eigenvalue weighted by molar-refractivity contribution is 0.385. The smallest absolute Gasteiger partial charge is 0.192 e. The van der Waals surface area contributed by atoms with Crippen molar-refractivity contribution in [2.75, 3.05) is 6.54 Å². The summed E-state index contributed by atoms with van der Waals surface area (Å²) in [6, 6.07) is 8.59.